The Kier molecular flexibility index (Phi) is 5.94. The summed E-state index contributed by atoms with van der Waals surface area (Å²) in [6.07, 6.45) is 1.91. The van der Waals surface area contributed by atoms with Crippen LogP contribution in [-0.2, 0) is 11.2 Å². The van der Waals surface area contributed by atoms with Gasteiger partial charge in [-0.05, 0) is 48.9 Å². The summed E-state index contributed by atoms with van der Waals surface area (Å²) in [6, 6.07) is 14.6. The number of H-pyrrole nitrogens is 1. The van der Waals surface area contributed by atoms with Gasteiger partial charge in [0.1, 0.15) is 11.4 Å². The number of ether oxygens (including phenoxy) is 1. The van der Waals surface area contributed by atoms with Gasteiger partial charge in [0, 0.05) is 12.8 Å². The van der Waals surface area contributed by atoms with Crippen LogP contribution in [0.2, 0.25) is 0 Å². The number of hydrogen-bond acceptors (Lipinski definition) is 5. The second kappa shape index (κ2) is 8.75. The first-order chi connectivity index (χ1) is 13.2. The molecule has 0 aliphatic rings. The minimum atomic E-state index is -0.286. The summed E-state index contributed by atoms with van der Waals surface area (Å²) in [5, 5.41) is 3.93. The molecule has 0 saturated carbocycles. The maximum Gasteiger partial charge on any atom is 0.270 e. The molecule has 3 aromatic rings. The maximum absolute atomic E-state index is 12.0. The predicted molar refractivity (Wildman–Crippen MR) is 104 cm³/mol. The highest BCUT2D eigenvalue weighted by molar-refractivity contribution is 5.82. The van der Waals surface area contributed by atoms with Crippen molar-refractivity contribution in [3.8, 4) is 5.75 Å². The predicted octanol–water partition coefficient (Wildman–Crippen LogP) is 2.40. The van der Waals surface area contributed by atoms with Crippen molar-refractivity contribution < 1.29 is 9.53 Å². The van der Waals surface area contributed by atoms with E-state index in [0.29, 0.717) is 23.3 Å². The van der Waals surface area contributed by atoms with Gasteiger partial charge in [0.25, 0.3) is 5.56 Å². The van der Waals surface area contributed by atoms with Gasteiger partial charge in [-0.3, -0.25) is 9.59 Å². The van der Waals surface area contributed by atoms with Gasteiger partial charge in [-0.15, -0.1) is 0 Å². The van der Waals surface area contributed by atoms with E-state index in [1.807, 2.05) is 49.4 Å². The zero-order valence-electron chi connectivity index (χ0n) is 14.9. The monoisotopic (exact) mass is 364 g/mol. The third kappa shape index (κ3) is 5.01. The Bertz CT molecular complexity index is 1010. The van der Waals surface area contributed by atoms with Crippen molar-refractivity contribution in [3.05, 3.63) is 70.1 Å². The number of amides is 1. The molecule has 138 valence electrons. The Morgan fingerprint density at radius 2 is 2.00 bits per heavy atom. The second-order valence-electron chi connectivity index (χ2n) is 5.82. The van der Waals surface area contributed by atoms with Crippen LogP contribution in [0.3, 0.4) is 0 Å². The number of nitrogens with one attached hydrogen (secondary N) is 2. The molecule has 7 nitrogen and oxygen atoms in total. The first-order valence-corrected chi connectivity index (χ1v) is 8.68. The number of carbonyl (C=O) groups excluding carboxylic acids is 1. The van der Waals surface area contributed by atoms with Crippen molar-refractivity contribution in [2.45, 2.75) is 19.8 Å². The van der Waals surface area contributed by atoms with Crippen LogP contribution in [0.25, 0.3) is 11.0 Å². The number of benzene rings is 2. The average molecular weight is 364 g/mol. The molecule has 0 bridgehead atoms. The van der Waals surface area contributed by atoms with Crippen LogP contribution in [0.1, 0.15) is 24.6 Å². The number of aromatic nitrogens is 2. The molecule has 0 fully saturated rings. The Balaban J connectivity index is 1.54. The van der Waals surface area contributed by atoms with Crippen molar-refractivity contribution in [2.75, 3.05) is 6.61 Å². The van der Waals surface area contributed by atoms with E-state index in [1.165, 1.54) is 0 Å². The third-order valence-corrected chi connectivity index (χ3v) is 3.85. The highest BCUT2D eigenvalue weighted by atomic mass is 16.5. The fourth-order valence-electron chi connectivity index (χ4n) is 2.52. The molecule has 27 heavy (non-hydrogen) atoms. The van der Waals surface area contributed by atoms with Gasteiger partial charge in [0.05, 0.1) is 23.9 Å². The second-order valence-corrected chi connectivity index (χ2v) is 5.82. The SMILES string of the molecule is CCOc1ccc(/C=N/NC(=O)CCc2nc3ccccc3[nH]c2=O)cc1. The molecule has 0 radical (unpaired) electrons. The minimum absolute atomic E-state index is 0.120. The molecule has 1 heterocycles. The van der Waals surface area contributed by atoms with E-state index < -0.39 is 0 Å². The first kappa shape index (κ1) is 18.3. The van der Waals surface area contributed by atoms with Gasteiger partial charge in [0.15, 0.2) is 0 Å². The van der Waals surface area contributed by atoms with E-state index in [2.05, 4.69) is 20.5 Å². The largest absolute Gasteiger partial charge is 0.494 e. The molecule has 0 atom stereocenters. The Morgan fingerprint density at radius 1 is 1.22 bits per heavy atom. The number of nitrogens with zero attached hydrogens (tertiary/aromatic N) is 2. The van der Waals surface area contributed by atoms with Crippen LogP contribution in [0.15, 0.2) is 58.4 Å². The summed E-state index contributed by atoms with van der Waals surface area (Å²) < 4.78 is 5.37. The molecule has 2 N–H and O–H groups in total. The molecule has 1 aromatic heterocycles. The Morgan fingerprint density at radius 3 is 2.78 bits per heavy atom. The lowest BCUT2D eigenvalue weighted by Crippen LogP contribution is -2.21. The van der Waals surface area contributed by atoms with Gasteiger partial charge >= 0.3 is 0 Å². The average Bonchev–Trinajstić information content (AvgIpc) is 2.68. The van der Waals surface area contributed by atoms with Gasteiger partial charge in [-0.2, -0.15) is 5.10 Å². The lowest BCUT2D eigenvalue weighted by molar-refractivity contribution is -0.121. The van der Waals surface area contributed by atoms with Crippen molar-refractivity contribution in [1.29, 1.82) is 0 Å². The van der Waals surface area contributed by atoms with Crippen LogP contribution in [0.5, 0.6) is 5.75 Å². The molecule has 0 aliphatic heterocycles. The molecule has 0 spiro atoms. The van der Waals surface area contributed by atoms with Crippen LogP contribution < -0.4 is 15.7 Å². The first-order valence-electron chi connectivity index (χ1n) is 8.68. The van der Waals surface area contributed by atoms with E-state index in [4.69, 9.17) is 4.74 Å². The zero-order chi connectivity index (χ0) is 19.1. The van der Waals surface area contributed by atoms with Gasteiger partial charge in [-0.1, -0.05) is 12.1 Å². The number of hydrogen-bond donors (Lipinski definition) is 2. The highest BCUT2D eigenvalue weighted by Crippen LogP contribution is 2.10. The number of carbonyl (C=O) groups is 1. The highest BCUT2D eigenvalue weighted by Gasteiger charge is 2.07. The molecule has 0 aliphatic carbocycles. The Hall–Kier alpha value is -3.48. The van der Waals surface area contributed by atoms with Crippen molar-refractivity contribution in [3.63, 3.8) is 0 Å². The van der Waals surface area contributed by atoms with Crippen molar-refractivity contribution >= 4 is 23.2 Å². The number of hydrazone groups is 1. The summed E-state index contributed by atoms with van der Waals surface area (Å²) in [7, 11) is 0. The molecule has 2 aromatic carbocycles. The zero-order valence-corrected chi connectivity index (χ0v) is 14.9. The van der Waals surface area contributed by atoms with E-state index in [-0.39, 0.29) is 24.3 Å². The lowest BCUT2D eigenvalue weighted by atomic mass is 10.2. The fourth-order valence-corrected chi connectivity index (χ4v) is 2.52. The van der Waals surface area contributed by atoms with E-state index in [1.54, 1.807) is 12.3 Å². The molecule has 0 unspecified atom stereocenters. The lowest BCUT2D eigenvalue weighted by Gasteiger charge is -2.03. The quantitative estimate of drug-likeness (QED) is 0.497. The fraction of sp³-hybridized carbons (Fsp3) is 0.200. The Labute approximate surface area is 156 Å². The van der Waals surface area contributed by atoms with Crippen molar-refractivity contribution in [1.82, 2.24) is 15.4 Å². The normalized spacial score (nSPS) is 11.0. The third-order valence-electron chi connectivity index (χ3n) is 3.85. The topological polar surface area (TPSA) is 96.4 Å². The van der Waals surface area contributed by atoms with Gasteiger partial charge < -0.3 is 9.72 Å². The smallest absolute Gasteiger partial charge is 0.270 e. The number of para-hydroxylation sites is 2. The molecular formula is C20H20N4O3. The number of fused-ring (bicyclic) bond motifs is 1. The number of aromatic amines is 1. The van der Waals surface area contributed by atoms with Crippen LogP contribution in [0, 0.1) is 0 Å². The summed E-state index contributed by atoms with van der Waals surface area (Å²) in [4.78, 5) is 31.1. The van der Waals surface area contributed by atoms with Gasteiger partial charge in [0.2, 0.25) is 5.91 Å². The molecule has 7 heteroatoms. The summed E-state index contributed by atoms with van der Waals surface area (Å²) in [5.74, 6) is 0.498. The van der Waals surface area contributed by atoms with Crippen LogP contribution in [0.4, 0.5) is 0 Å². The summed E-state index contributed by atoms with van der Waals surface area (Å²) >= 11 is 0. The maximum atomic E-state index is 12.0. The molecule has 0 saturated heterocycles. The minimum Gasteiger partial charge on any atom is -0.494 e. The van der Waals surface area contributed by atoms with Crippen LogP contribution in [-0.4, -0.2) is 28.7 Å². The molecule has 3 rings (SSSR count). The van der Waals surface area contributed by atoms with Gasteiger partial charge in [-0.25, -0.2) is 10.4 Å². The van der Waals surface area contributed by atoms with Crippen LogP contribution >= 0.6 is 0 Å². The van der Waals surface area contributed by atoms with Crippen molar-refractivity contribution in [2.24, 2.45) is 5.10 Å². The molecular weight excluding hydrogens is 344 g/mol. The summed E-state index contributed by atoms with van der Waals surface area (Å²) in [6.45, 7) is 2.53. The summed E-state index contributed by atoms with van der Waals surface area (Å²) in [5.41, 5.74) is 4.72. The van der Waals surface area contributed by atoms with E-state index in [0.717, 1.165) is 11.3 Å². The van der Waals surface area contributed by atoms with E-state index in [9.17, 15) is 9.59 Å². The molecule has 1 amide bonds. The standard InChI is InChI=1S/C20H20N4O3/c1-2-27-15-9-7-14(8-10-15)13-21-24-19(25)12-11-18-20(26)23-17-6-4-3-5-16(17)22-18/h3-10,13H,2,11-12H2,1H3,(H,23,26)(H,24,25)/b21-13+. The number of aryl methyl sites for hydroxylation is 1. The number of rotatable bonds is 7. The van der Waals surface area contributed by atoms with E-state index >= 15 is 0 Å².